The maximum atomic E-state index is 12.9. The molecule has 0 radical (unpaired) electrons. The highest BCUT2D eigenvalue weighted by Crippen LogP contribution is 2.23. The molecule has 4 nitrogen and oxygen atoms in total. The molecule has 0 fully saturated rings. The van der Waals surface area contributed by atoms with E-state index >= 15 is 0 Å². The third-order valence-electron chi connectivity index (χ3n) is 3.69. The average molecular weight is 338 g/mol. The summed E-state index contributed by atoms with van der Waals surface area (Å²) in [6.45, 7) is 2.47. The van der Waals surface area contributed by atoms with Crippen LogP contribution in [-0.4, -0.2) is 18.0 Å². The van der Waals surface area contributed by atoms with Gasteiger partial charge in [-0.15, -0.1) is 11.3 Å². The number of benzene rings is 2. The van der Waals surface area contributed by atoms with Gasteiger partial charge >= 0.3 is 0 Å². The predicted octanol–water partition coefficient (Wildman–Crippen LogP) is 4.31. The maximum Gasteiger partial charge on any atom is 0.260 e. The van der Waals surface area contributed by atoms with Gasteiger partial charge in [-0.3, -0.25) is 9.69 Å². The first kappa shape index (κ1) is 16.2. The zero-order valence-corrected chi connectivity index (χ0v) is 14.4. The fraction of sp³-hybridized carbons (Fsp3) is 0.158. The molecule has 1 heterocycles. The summed E-state index contributed by atoms with van der Waals surface area (Å²) in [4.78, 5) is 19.0. The van der Waals surface area contributed by atoms with Crippen LogP contribution in [0.3, 0.4) is 0 Å². The van der Waals surface area contributed by atoms with Crippen LogP contribution in [0, 0.1) is 6.92 Å². The van der Waals surface area contributed by atoms with Crippen LogP contribution in [0.25, 0.3) is 0 Å². The van der Waals surface area contributed by atoms with E-state index < -0.39 is 0 Å². The molecule has 24 heavy (non-hydrogen) atoms. The molecule has 0 aliphatic carbocycles. The zero-order valence-electron chi connectivity index (χ0n) is 13.6. The Hall–Kier alpha value is -2.66. The summed E-state index contributed by atoms with van der Waals surface area (Å²) in [5, 5.41) is 2.56. The van der Waals surface area contributed by atoms with Crippen molar-refractivity contribution < 1.29 is 9.53 Å². The third kappa shape index (κ3) is 3.63. The summed E-state index contributed by atoms with van der Waals surface area (Å²) in [5.41, 5.74) is 2.80. The van der Waals surface area contributed by atoms with Crippen LogP contribution in [-0.2, 0) is 6.54 Å². The van der Waals surface area contributed by atoms with E-state index in [9.17, 15) is 4.79 Å². The van der Waals surface area contributed by atoms with E-state index in [-0.39, 0.29) is 5.91 Å². The molecule has 0 saturated heterocycles. The molecule has 0 saturated carbocycles. The van der Waals surface area contributed by atoms with E-state index in [0.717, 1.165) is 16.9 Å². The highest BCUT2D eigenvalue weighted by molar-refractivity contribution is 7.13. The molecule has 0 aliphatic rings. The molecule has 1 aromatic heterocycles. The van der Waals surface area contributed by atoms with Crippen molar-refractivity contribution in [3.8, 4) is 5.75 Å². The third-order valence-corrected chi connectivity index (χ3v) is 4.49. The lowest BCUT2D eigenvalue weighted by Crippen LogP contribution is -2.30. The summed E-state index contributed by atoms with van der Waals surface area (Å²) in [5.74, 6) is 0.741. The summed E-state index contributed by atoms with van der Waals surface area (Å²) >= 11 is 1.45. The lowest BCUT2D eigenvalue weighted by molar-refractivity contribution is 0.0985. The molecule has 0 spiro atoms. The molecule has 3 aromatic rings. The molecule has 1 amide bonds. The number of nitrogens with zero attached hydrogens (tertiary/aromatic N) is 2. The lowest BCUT2D eigenvalue weighted by Gasteiger charge is -2.20. The number of carbonyl (C=O) groups excluding carboxylic acids is 1. The van der Waals surface area contributed by atoms with Crippen LogP contribution in [0.4, 0.5) is 5.13 Å². The Labute approximate surface area is 145 Å². The zero-order chi connectivity index (χ0) is 16.9. The van der Waals surface area contributed by atoms with E-state index in [1.54, 1.807) is 18.2 Å². The number of ether oxygens (including phenoxy) is 1. The summed E-state index contributed by atoms with van der Waals surface area (Å²) < 4.78 is 5.18. The molecule has 2 aromatic carbocycles. The van der Waals surface area contributed by atoms with E-state index in [4.69, 9.17) is 4.74 Å². The highest BCUT2D eigenvalue weighted by Gasteiger charge is 2.20. The Morgan fingerprint density at radius 1 is 1.12 bits per heavy atom. The van der Waals surface area contributed by atoms with Gasteiger partial charge in [0.05, 0.1) is 13.7 Å². The largest absolute Gasteiger partial charge is 0.497 e. The monoisotopic (exact) mass is 338 g/mol. The quantitative estimate of drug-likeness (QED) is 0.696. The van der Waals surface area contributed by atoms with Crippen LogP contribution in [0.2, 0.25) is 0 Å². The Morgan fingerprint density at radius 2 is 1.83 bits per heavy atom. The highest BCUT2D eigenvalue weighted by atomic mass is 32.1. The normalized spacial score (nSPS) is 10.4. The molecular weight excluding hydrogens is 320 g/mol. The minimum Gasteiger partial charge on any atom is -0.497 e. The van der Waals surface area contributed by atoms with Crippen molar-refractivity contribution in [3.63, 3.8) is 0 Å². The molecule has 5 heteroatoms. The van der Waals surface area contributed by atoms with Gasteiger partial charge in [0.1, 0.15) is 5.75 Å². The van der Waals surface area contributed by atoms with Gasteiger partial charge in [0, 0.05) is 17.1 Å². The number of aromatic nitrogens is 1. The molecule has 0 atom stereocenters. The smallest absolute Gasteiger partial charge is 0.260 e. The van der Waals surface area contributed by atoms with E-state index in [0.29, 0.717) is 17.2 Å². The Bertz CT molecular complexity index is 796. The minimum atomic E-state index is -0.0548. The first-order chi connectivity index (χ1) is 11.7. The van der Waals surface area contributed by atoms with Gasteiger partial charge in [-0.1, -0.05) is 29.8 Å². The summed E-state index contributed by atoms with van der Waals surface area (Å²) in [7, 11) is 1.64. The Morgan fingerprint density at radius 3 is 2.42 bits per heavy atom. The Kier molecular flexibility index (Phi) is 4.91. The number of carbonyl (C=O) groups is 1. The number of amides is 1. The van der Waals surface area contributed by atoms with Gasteiger partial charge < -0.3 is 4.74 Å². The molecular formula is C19H18N2O2S. The molecule has 0 aliphatic heterocycles. The van der Waals surface area contributed by atoms with Crippen molar-refractivity contribution in [1.82, 2.24) is 4.98 Å². The van der Waals surface area contributed by atoms with E-state index in [2.05, 4.69) is 4.98 Å². The van der Waals surface area contributed by atoms with Gasteiger partial charge in [0.15, 0.2) is 5.13 Å². The fourth-order valence-electron chi connectivity index (χ4n) is 2.34. The molecule has 0 N–H and O–H groups in total. The number of rotatable bonds is 5. The molecule has 122 valence electrons. The molecule has 3 rings (SSSR count). The van der Waals surface area contributed by atoms with Crippen molar-refractivity contribution in [1.29, 1.82) is 0 Å². The molecule has 0 unspecified atom stereocenters. The van der Waals surface area contributed by atoms with Gasteiger partial charge in [-0.2, -0.15) is 0 Å². The minimum absolute atomic E-state index is 0.0548. The van der Waals surface area contributed by atoms with Crippen LogP contribution in [0.1, 0.15) is 21.5 Å². The van der Waals surface area contributed by atoms with Gasteiger partial charge in [0.2, 0.25) is 0 Å². The second kappa shape index (κ2) is 7.27. The SMILES string of the molecule is COc1ccc(CN(C(=O)c2ccc(C)cc2)c2nccs2)cc1. The first-order valence-electron chi connectivity index (χ1n) is 7.58. The first-order valence-corrected chi connectivity index (χ1v) is 8.46. The van der Waals surface area contributed by atoms with Crippen LogP contribution in [0.15, 0.2) is 60.1 Å². The van der Waals surface area contributed by atoms with Crippen molar-refractivity contribution in [2.24, 2.45) is 0 Å². The van der Waals surface area contributed by atoms with Crippen LogP contribution < -0.4 is 9.64 Å². The van der Waals surface area contributed by atoms with Crippen molar-refractivity contribution in [2.45, 2.75) is 13.5 Å². The van der Waals surface area contributed by atoms with Gasteiger partial charge in [0.25, 0.3) is 5.91 Å². The van der Waals surface area contributed by atoms with E-state index in [1.165, 1.54) is 11.3 Å². The maximum absolute atomic E-state index is 12.9. The standard InChI is InChI=1S/C19H18N2O2S/c1-14-3-7-16(8-4-14)18(22)21(19-20-11-12-24-19)13-15-5-9-17(23-2)10-6-15/h3-12H,13H2,1-2H3. The number of thiazole rings is 1. The van der Waals surface area contributed by atoms with Crippen LogP contribution >= 0.6 is 11.3 Å². The van der Waals surface area contributed by atoms with Gasteiger partial charge in [-0.05, 0) is 36.8 Å². The topological polar surface area (TPSA) is 42.4 Å². The Balaban J connectivity index is 1.88. The molecule has 0 bridgehead atoms. The number of methoxy groups -OCH3 is 1. The summed E-state index contributed by atoms with van der Waals surface area (Å²) in [6, 6.07) is 15.3. The average Bonchev–Trinajstić information content (AvgIpc) is 3.14. The lowest BCUT2D eigenvalue weighted by atomic mass is 10.1. The van der Waals surface area contributed by atoms with Crippen molar-refractivity contribution in [2.75, 3.05) is 12.0 Å². The second-order valence-electron chi connectivity index (χ2n) is 5.42. The van der Waals surface area contributed by atoms with E-state index in [1.807, 2.05) is 60.8 Å². The van der Waals surface area contributed by atoms with Gasteiger partial charge in [-0.25, -0.2) is 4.98 Å². The number of hydrogen-bond acceptors (Lipinski definition) is 4. The predicted molar refractivity (Wildman–Crippen MR) is 96.8 cm³/mol. The second-order valence-corrected chi connectivity index (χ2v) is 6.29. The number of aryl methyl sites for hydroxylation is 1. The van der Waals surface area contributed by atoms with Crippen molar-refractivity contribution in [3.05, 3.63) is 76.8 Å². The van der Waals surface area contributed by atoms with Crippen LogP contribution in [0.5, 0.6) is 5.75 Å². The fourth-order valence-corrected chi connectivity index (χ4v) is 2.98. The van der Waals surface area contributed by atoms with Crippen molar-refractivity contribution >= 4 is 22.4 Å². The summed E-state index contributed by atoms with van der Waals surface area (Å²) in [6.07, 6.45) is 1.71. The number of anilines is 1. The number of hydrogen-bond donors (Lipinski definition) is 0.